The molecule has 0 saturated carbocycles. The molecule has 2 N–H and O–H groups in total. The van der Waals surface area contributed by atoms with Crippen molar-refractivity contribution in [3.63, 3.8) is 0 Å². The van der Waals surface area contributed by atoms with Crippen LogP contribution in [0, 0.1) is 19.7 Å². The Kier molecular flexibility index (Phi) is 4.34. The van der Waals surface area contributed by atoms with Gasteiger partial charge in [0.2, 0.25) is 0 Å². The Labute approximate surface area is 172 Å². The zero-order valence-electron chi connectivity index (χ0n) is 16.7. The molecule has 8 heteroatoms. The van der Waals surface area contributed by atoms with E-state index in [9.17, 15) is 9.18 Å². The summed E-state index contributed by atoms with van der Waals surface area (Å²) in [6.07, 6.45) is 4.10. The van der Waals surface area contributed by atoms with E-state index in [2.05, 4.69) is 25.8 Å². The van der Waals surface area contributed by atoms with Crippen molar-refractivity contribution < 1.29 is 9.18 Å². The summed E-state index contributed by atoms with van der Waals surface area (Å²) in [5.41, 5.74) is 6.12. The third-order valence-electron chi connectivity index (χ3n) is 6.00. The minimum absolute atomic E-state index is 0.167. The molecule has 2 aromatic carbocycles. The summed E-state index contributed by atoms with van der Waals surface area (Å²) in [6, 6.07) is 8.33. The number of nitrogens with zero attached hydrogens (tertiary/aromatic N) is 4. The van der Waals surface area contributed by atoms with Gasteiger partial charge in [-0.15, -0.1) is 5.10 Å². The van der Waals surface area contributed by atoms with E-state index < -0.39 is 0 Å². The fourth-order valence-corrected chi connectivity index (χ4v) is 4.36. The number of carbonyl (C=O) groups is 1. The lowest BCUT2D eigenvalue weighted by atomic mass is 9.91. The van der Waals surface area contributed by atoms with E-state index in [4.69, 9.17) is 0 Å². The Morgan fingerprint density at radius 1 is 1.27 bits per heavy atom. The molecule has 30 heavy (non-hydrogen) atoms. The van der Waals surface area contributed by atoms with Crippen molar-refractivity contribution in [2.75, 3.05) is 0 Å². The van der Waals surface area contributed by atoms with Gasteiger partial charge >= 0.3 is 0 Å². The normalized spacial score (nSPS) is 15.9. The number of rotatable bonds is 3. The van der Waals surface area contributed by atoms with Gasteiger partial charge in [0.1, 0.15) is 12.1 Å². The van der Waals surface area contributed by atoms with Crippen molar-refractivity contribution in [3.8, 4) is 5.69 Å². The average Bonchev–Trinajstić information content (AvgIpc) is 3.38. The Bertz CT molecular complexity index is 1260. The van der Waals surface area contributed by atoms with Crippen molar-refractivity contribution in [1.29, 1.82) is 0 Å². The van der Waals surface area contributed by atoms with E-state index in [1.165, 1.54) is 17.1 Å². The topological polar surface area (TPSA) is 88.5 Å². The second kappa shape index (κ2) is 7.05. The van der Waals surface area contributed by atoms with E-state index in [1.807, 2.05) is 19.9 Å². The molecule has 1 aliphatic carbocycles. The Balaban J connectivity index is 1.52. The number of amides is 1. The number of hydrogen-bond donors (Lipinski definition) is 2. The number of benzene rings is 2. The fourth-order valence-electron chi connectivity index (χ4n) is 4.36. The molecule has 7 nitrogen and oxygen atoms in total. The van der Waals surface area contributed by atoms with Gasteiger partial charge in [-0.3, -0.25) is 4.79 Å². The molecule has 1 atom stereocenters. The molecule has 0 unspecified atom stereocenters. The number of halogens is 1. The number of H-pyrrole nitrogens is 1. The van der Waals surface area contributed by atoms with Gasteiger partial charge in [-0.1, -0.05) is 6.07 Å². The lowest BCUT2D eigenvalue weighted by molar-refractivity contribution is 0.0931. The molecular weight excluding hydrogens is 383 g/mol. The van der Waals surface area contributed by atoms with Crippen LogP contribution in [0.25, 0.3) is 16.6 Å². The quantitative estimate of drug-likeness (QED) is 0.545. The van der Waals surface area contributed by atoms with E-state index >= 15 is 0 Å². The number of hydrogen-bond acceptors (Lipinski definition) is 4. The van der Waals surface area contributed by atoms with Crippen molar-refractivity contribution >= 4 is 16.8 Å². The van der Waals surface area contributed by atoms with Crippen molar-refractivity contribution in [3.05, 3.63) is 70.4 Å². The second-order valence-corrected chi connectivity index (χ2v) is 7.78. The minimum Gasteiger partial charge on any atom is -0.356 e. The molecule has 0 spiro atoms. The van der Waals surface area contributed by atoms with Crippen LogP contribution in [-0.2, 0) is 6.42 Å². The van der Waals surface area contributed by atoms with Crippen molar-refractivity contribution in [2.45, 2.75) is 39.2 Å². The lowest BCUT2D eigenvalue weighted by Crippen LogP contribution is -2.32. The van der Waals surface area contributed by atoms with Crippen LogP contribution < -0.4 is 5.32 Å². The zero-order valence-corrected chi connectivity index (χ0v) is 16.7. The highest BCUT2D eigenvalue weighted by Crippen LogP contribution is 2.35. The molecule has 0 fully saturated rings. The molecule has 0 bridgehead atoms. The summed E-state index contributed by atoms with van der Waals surface area (Å²) >= 11 is 0. The first-order valence-corrected chi connectivity index (χ1v) is 9.97. The summed E-state index contributed by atoms with van der Waals surface area (Å²) in [4.78, 5) is 16.7. The van der Waals surface area contributed by atoms with E-state index in [0.717, 1.165) is 52.5 Å². The van der Waals surface area contributed by atoms with Gasteiger partial charge < -0.3 is 10.3 Å². The predicted octanol–water partition coefficient (Wildman–Crippen LogP) is 3.71. The van der Waals surface area contributed by atoms with Crippen LogP contribution in [-0.4, -0.2) is 31.1 Å². The van der Waals surface area contributed by atoms with Crippen LogP contribution in [0.4, 0.5) is 4.39 Å². The third-order valence-corrected chi connectivity index (χ3v) is 6.00. The van der Waals surface area contributed by atoms with Gasteiger partial charge in [0, 0.05) is 16.6 Å². The van der Waals surface area contributed by atoms with Crippen LogP contribution in [0.2, 0.25) is 0 Å². The Hall–Kier alpha value is -3.55. The molecule has 2 heterocycles. The van der Waals surface area contributed by atoms with Crippen LogP contribution >= 0.6 is 0 Å². The third kappa shape index (κ3) is 2.96. The maximum Gasteiger partial charge on any atom is 0.254 e. The van der Waals surface area contributed by atoms with Crippen molar-refractivity contribution in [1.82, 2.24) is 30.5 Å². The number of aromatic nitrogens is 5. The first-order chi connectivity index (χ1) is 14.5. The van der Waals surface area contributed by atoms with Gasteiger partial charge in [-0.05, 0) is 84.5 Å². The number of nitrogens with one attached hydrogen (secondary N) is 2. The number of carbonyl (C=O) groups excluding carboxylic acids is 1. The molecule has 0 radical (unpaired) electrons. The van der Waals surface area contributed by atoms with E-state index in [1.54, 1.807) is 18.2 Å². The summed E-state index contributed by atoms with van der Waals surface area (Å²) < 4.78 is 15.3. The molecule has 0 saturated heterocycles. The Morgan fingerprint density at radius 3 is 2.93 bits per heavy atom. The predicted molar refractivity (Wildman–Crippen MR) is 110 cm³/mol. The first-order valence-electron chi connectivity index (χ1n) is 9.97. The molecule has 5 rings (SSSR count). The standard InChI is InChI=1S/C22H21FN6O/c1-12-6-8-16(21(13(12)2)29-11-24-27-28-29)22(30)26-19-5-3-4-15-17-10-14(23)7-9-18(17)25-20(15)19/h6-11,19,25H,3-5H2,1-2H3,(H,26,30)/t19-/m1/s1. The summed E-state index contributed by atoms with van der Waals surface area (Å²) in [6.45, 7) is 3.94. The highest BCUT2D eigenvalue weighted by Gasteiger charge is 2.27. The average molecular weight is 404 g/mol. The summed E-state index contributed by atoms with van der Waals surface area (Å²) in [5.74, 6) is -0.442. The maximum absolute atomic E-state index is 13.8. The van der Waals surface area contributed by atoms with Gasteiger partial charge in [-0.25, -0.2) is 4.39 Å². The lowest BCUT2D eigenvalue weighted by Gasteiger charge is -2.24. The first kappa shape index (κ1) is 18.5. The smallest absolute Gasteiger partial charge is 0.254 e. The number of tetrazole rings is 1. The highest BCUT2D eigenvalue weighted by molar-refractivity contribution is 5.99. The number of aryl methyl sites for hydroxylation is 2. The minimum atomic E-state index is -0.253. The zero-order chi connectivity index (χ0) is 20.8. The molecule has 1 amide bonds. The van der Waals surface area contributed by atoms with Crippen LogP contribution in [0.5, 0.6) is 0 Å². The van der Waals surface area contributed by atoms with Gasteiger partial charge in [0.05, 0.1) is 17.3 Å². The molecule has 4 aromatic rings. The number of fused-ring (bicyclic) bond motifs is 3. The maximum atomic E-state index is 13.8. The highest BCUT2D eigenvalue weighted by atomic mass is 19.1. The van der Waals surface area contributed by atoms with E-state index in [-0.39, 0.29) is 17.8 Å². The second-order valence-electron chi connectivity index (χ2n) is 7.78. The molecular formula is C22H21FN6O. The SMILES string of the molecule is Cc1ccc(C(=O)N[C@@H]2CCCc3c2[nH]c2ccc(F)cc32)c(-n2cnnn2)c1C. The molecule has 2 aromatic heterocycles. The van der Waals surface area contributed by atoms with Crippen LogP contribution in [0.1, 0.15) is 51.6 Å². The van der Waals surface area contributed by atoms with E-state index in [0.29, 0.717) is 11.3 Å². The largest absolute Gasteiger partial charge is 0.356 e. The van der Waals surface area contributed by atoms with Gasteiger partial charge in [-0.2, -0.15) is 4.68 Å². The van der Waals surface area contributed by atoms with Crippen LogP contribution in [0.15, 0.2) is 36.7 Å². The summed E-state index contributed by atoms with van der Waals surface area (Å²) in [7, 11) is 0. The number of aromatic amines is 1. The summed E-state index contributed by atoms with van der Waals surface area (Å²) in [5, 5.41) is 15.5. The van der Waals surface area contributed by atoms with Crippen molar-refractivity contribution in [2.24, 2.45) is 0 Å². The van der Waals surface area contributed by atoms with Gasteiger partial charge in [0.25, 0.3) is 5.91 Å². The molecule has 0 aliphatic heterocycles. The van der Waals surface area contributed by atoms with Crippen LogP contribution in [0.3, 0.4) is 0 Å². The monoisotopic (exact) mass is 404 g/mol. The van der Waals surface area contributed by atoms with Gasteiger partial charge in [0.15, 0.2) is 0 Å². The molecule has 1 aliphatic rings. The fraction of sp³-hybridized carbons (Fsp3) is 0.273. The molecule has 152 valence electrons. The Morgan fingerprint density at radius 2 is 2.13 bits per heavy atom.